The van der Waals surface area contributed by atoms with Crippen LogP contribution >= 0.6 is 11.6 Å². The van der Waals surface area contributed by atoms with Crippen LogP contribution in [0.4, 0.5) is 5.69 Å². The maximum Gasteiger partial charge on any atom is 0.267 e. The largest absolute Gasteiger partial charge is 0.349 e. The van der Waals surface area contributed by atoms with Crippen LogP contribution in [0.3, 0.4) is 0 Å². The monoisotopic (exact) mass is 614 g/mol. The number of halogens is 1. The molecule has 1 aromatic heterocycles. The van der Waals surface area contributed by atoms with Crippen LogP contribution in [0.1, 0.15) is 53.0 Å². The highest BCUT2D eigenvalue weighted by Crippen LogP contribution is 2.43. The molecule has 3 aliphatic rings. The van der Waals surface area contributed by atoms with E-state index in [-0.39, 0.29) is 24.8 Å². The van der Waals surface area contributed by atoms with Gasteiger partial charge in [-0.15, -0.1) is 0 Å². The number of para-hydroxylation sites is 1. The van der Waals surface area contributed by atoms with Gasteiger partial charge in [0.2, 0.25) is 5.79 Å². The first-order chi connectivity index (χ1) is 21.4. The number of anilines is 1. The average Bonchev–Trinajstić information content (AvgIpc) is 3.38. The lowest BCUT2D eigenvalue weighted by Crippen LogP contribution is -2.46. The maximum absolute atomic E-state index is 14.6. The second-order valence-electron chi connectivity index (χ2n) is 11.6. The van der Waals surface area contributed by atoms with Crippen molar-refractivity contribution < 1.29 is 19.1 Å². The van der Waals surface area contributed by atoms with Crippen molar-refractivity contribution in [3.05, 3.63) is 106 Å². The molecule has 1 aliphatic carbocycles. The zero-order valence-electron chi connectivity index (χ0n) is 25.4. The molecule has 0 unspecified atom stereocenters. The molecule has 2 amide bonds. The second kappa shape index (κ2) is 13.1. The van der Waals surface area contributed by atoms with Gasteiger partial charge in [-0.1, -0.05) is 66.6 Å². The van der Waals surface area contributed by atoms with E-state index in [1.54, 1.807) is 25.2 Å². The van der Waals surface area contributed by atoms with Gasteiger partial charge in [-0.3, -0.25) is 9.59 Å². The molecule has 0 saturated carbocycles. The van der Waals surface area contributed by atoms with Gasteiger partial charge in [-0.2, -0.15) is 0 Å². The van der Waals surface area contributed by atoms with Crippen molar-refractivity contribution in [2.45, 2.75) is 44.6 Å². The number of hydrogen-bond acceptors (Lipinski definition) is 5. The minimum atomic E-state index is -1.33. The van der Waals surface area contributed by atoms with Crippen LogP contribution in [0.5, 0.6) is 0 Å². The Bertz CT molecular complexity index is 1580. The summed E-state index contributed by atoms with van der Waals surface area (Å²) in [5, 5.41) is 3.59. The molecule has 44 heavy (non-hydrogen) atoms. The van der Waals surface area contributed by atoms with Crippen molar-refractivity contribution in [2.75, 3.05) is 45.3 Å². The summed E-state index contributed by atoms with van der Waals surface area (Å²) in [6, 6.07) is 21.4. The number of piperidine rings is 1. The Hall–Kier alpha value is -3.69. The second-order valence-corrected chi connectivity index (χ2v) is 12.0. The molecule has 1 saturated heterocycles. The molecule has 0 atom stereocenters. The topological polar surface area (TPSA) is 76.0 Å². The van der Waals surface area contributed by atoms with Crippen molar-refractivity contribution in [2.24, 2.45) is 0 Å². The van der Waals surface area contributed by atoms with E-state index in [2.05, 4.69) is 10.2 Å². The Kier molecular flexibility index (Phi) is 9.05. The summed E-state index contributed by atoms with van der Waals surface area (Å²) in [4.78, 5) is 32.1. The first-order valence-corrected chi connectivity index (χ1v) is 15.7. The summed E-state index contributed by atoms with van der Waals surface area (Å²) < 4.78 is 13.9. The smallest absolute Gasteiger partial charge is 0.267 e. The van der Waals surface area contributed by atoms with E-state index in [0.717, 1.165) is 47.7 Å². The van der Waals surface area contributed by atoms with Gasteiger partial charge in [-0.05, 0) is 66.9 Å². The van der Waals surface area contributed by atoms with Crippen LogP contribution in [0.15, 0.2) is 83.4 Å². The van der Waals surface area contributed by atoms with Crippen LogP contribution in [-0.4, -0.2) is 67.5 Å². The first kappa shape index (κ1) is 30.3. The number of rotatable bonds is 8. The highest BCUT2D eigenvalue weighted by Gasteiger charge is 2.45. The van der Waals surface area contributed by atoms with Crippen LogP contribution in [0.2, 0.25) is 0 Å². The SMILES string of the molecule is COC1(OC)CC(c2ccccc2)=C(Cl)C=C1C(=O)N1Cc2ccc(C(=O)NCCN3CCCCC3)n2Cc2ccccc21. The quantitative estimate of drug-likeness (QED) is 0.336. The van der Waals surface area contributed by atoms with Crippen LogP contribution < -0.4 is 10.2 Å². The summed E-state index contributed by atoms with van der Waals surface area (Å²) in [6.45, 7) is 4.37. The van der Waals surface area contributed by atoms with Crippen LogP contribution in [0.25, 0.3) is 5.57 Å². The first-order valence-electron chi connectivity index (χ1n) is 15.3. The third-order valence-electron chi connectivity index (χ3n) is 9.03. The fourth-order valence-corrected chi connectivity index (χ4v) is 6.86. The zero-order chi connectivity index (χ0) is 30.7. The Morgan fingerprint density at radius 1 is 0.909 bits per heavy atom. The standard InChI is InChI=1S/C35H39ClN4O4/c1-43-35(44-2)22-28(25-11-5-3-6-12-25)30(36)21-29(35)34(42)40-24-27-15-16-32(39(27)23-26-13-7-8-14-31(26)40)33(41)37-17-20-38-18-9-4-10-19-38/h3,5-8,11-16,21H,4,9-10,17-20,22-24H2,1-2H3,(H,37,41). The number of aromatic nitrogens is 1. The fraction of sp³-hybridized carbons (Fsp3) is 0.371. The van der Waals surface area contributed by atoms with E-state index in [1.165, 1.54) is 19.3 Å². The molecule has 3 heterocycles. The Labute approximate surface area is 263 Å². The van der Waals surface area contributed by atoms with E-state index in [1.807, 2.05) is 71.3 Å². The number of carbonyl (C=O) groups is 2. The van der Waals surface area contributed by atoms with Crippen LogP contribution in [0, 0.1) is 0 Å². The van der Waals surface area contributed by atoms with Gasteiger partial charge >= 0.3 is 0 Å². The lowest BCUT2D eigenvalue weighted by Gasteiger charge is -2.38. The summed E-state index contributed by atoms with van der Waals surface area (Å²) in [7, 11) is 3.09. The fourth-order valence-electron chi connectivity index (χ4n) is 6.57. The lowest BCUT2D eigenvalue weighted by atomic mass is 9.87. The molecule has 230 valence electrons. The predicted octanol–water partition coefficient (Wildman–Crippen LogP) is 5.57. The van der Waals surface area contributed by atoms with Gasteiger partial charge in [0.1, 0.15) is 5.69 Å². The zero-order valence-corrected chi connectivity index (χ0v) is 26.1. The molecule has 0 bridgehead atoms. The number of allylic oxidation sites excluding steroid dienone is 2. The van der Waals surface area contributed by atoms with Crippen LogP contribution in [-0.2, 0) is 27.4 Å². The minimum absolute atomic E-state index is 0.108. The van der Waals surface area contributed by atoms with E-state index >= 15 is 0 Å². The molecule has 0 radical (unpaired) electrons. The molecule has 8 nitrogen and oxygen atoms in total. The molecular weight excluding hydrogens is 576 g/mol. The summed E-state index contributed by atoms with van der Waals surface area (Å²) in [6.07, 6.45) is 5.68. The number of carbonyl (C=O) groups excluding carboxylic acids is 2. The molecule has 2 aliphatic heterocycles. The summed E-state index contributed by atoms with van der Waals surface area (Å²) >= 11 is 6.85. The number of benzene rings is 2. The number of nitrogens with zero attached hydrogens (tertiary/aromatic N) is 3. The van der Waals surface area contributed by atoms with Crippen molar-refractivity contribution in [1.82, 2.24) is 14.8 Å². The molecule has 9 heteroatoms. The Morgan fingerprint density at radius 3 is 2.39 bits per heavy atom. The number of fused-ring (bicyclic) bond motifs is 2. The van der Waals surface area contributed by atoms with Crippen molar-refractivity contribution in [1.29, 1.82) is 0 Å². The number of hydrogen-bond donors (Lipinski definition) is 1. The predicted molar refractivity (Wildman–Crippen MR) is 172 cm³/mol. The average molecular weight is 615 g/mol. The number of likely N-dealkylation sites (tertiary alicyclic amines) is 1. The third-order valence-corrected chi connectivity index (χ3v) is 9.37. The Morgan fingerprint density at radius 2 is 1.64 bits per heavy atom. The molecule has 0 spiro atoms. The van der Waals surface area contributed by atoms with Gasteiger partial charge in [-0.25, -0.2) is 0 Å². The van der Waals surface area contributed by atoms with Gasteiger partial charge in [0.25, 0.3) is 11.8 Å². The number of ether oxygens (including phenoxy) is 2. The van der Waals surface area contributed by atoms with E-state index in [4.69, 9.17) is 21.1 Å². The molecule has 1 fully saturated rings. The van der Waals surface area contributed by atoms with Gasteiger partial charge in [0.15, 0.2) is 0 Å². The number of amides is 2. The third kappa shape index (κ3) is 5.87. The van der Waals surface area contributed by atoms with E-state index in [9.17, 15) is 9.59 Å². The van der Waals surface area contributed by atoms with Gasteiger partial charge < -0.3 is 29.2 Å². The summed E-state index contributed by atoms with van der Waals surface area (Å²) in [5.41, 5.74) is 5.25. The Balaban J connectivity index is 1.31. The molecule has 2 aromatic carbocycles. The van der Waals surface area contributed by atoms with E-state index in [0.29, 0.717) is 29.4 Å². The molecular formula is C35H39ClN4O4. The van der Waals surface area contributed by atoms with E-state index < -0.39 is 5.79 Å². The van der Waals surface area contributed by atoms with Crippen molar-refractivity contribution in [3.8, 4) is 0 Å². The lowest BCUT2D eigenvalue weighted by molar-refractivity contribution is -0.178. The summed E-state index contributed by atoms with van der Waals surface area (Å²) in [5.74, 6) is -1.71. The molecule has 3 aromatic rings. The highest BCUT2D eigenvalue weighted by atomic mass is 35.5. The number of methoxy groups -OCH3 is 2. The molecule has 6 rings (SSSR count). The minimum Gasteiger partial charge on any atom is -0.349 e. The van der Waals surface area contributed by atoms with Gasteiger partial charge in [0.05, 0.1) is 18.7 Å². The van der Waals surface area contributed by atoms with Gasteiger partial charge in [0, 0.05) is 50.1 Å². The van der Waals surface area contributed by atoms with Crippen molar-refractivity contribution in [3.63, 3.8) is 0 Å². The maximum atomic E-state index is 14.6. The normalized spacial score (nSPS) is 18.2. The molecule has 1 N–H and O–H groups in total. The number of nitrogens with one attached hydrogen (secondary N) is 1. The van der Waals surface area contributed by atoms with Crippen molar-refractivity contribution >= 4 is 34.7 Å². The highest BCUT2D eigenvalue weighted by molar-refractivity contribution is 6.35.